The molecule has 0 saturated heterocycles. The van der Waals surface area contributed by atoms with Gasteiger partial charge in [-0.25, -0.2) is 4.79 Å². The number of esters is 2. The molecule has 0 spiro atoms. The predicted octanol–water partition coefficient (Wildman–Crippen LogP) is 1.58. The molecule has 0 amide bonds. The van der Waals surface area contributed by atoms with Crippen LogP contribution in [0.15, 0.2) is 61.2 Å². The van der Waals surface area contributed by atoms with Crippen molar-refractivity contribution >= 4 is 17.7 Å². The highest BCUT2D eigenvalue weighted by Gasteiger charge is 2.11. The lowest BCUT2D eigenvalue weighted by molar-refractivity contribution is -0.145. The van der Waals surface area contributed by atoms with Gasteiger partial charge in [0.05, 0.1) is 19.8 Å². The van der Waals surface area contributed by atoms with E-state index in [1.807, 2.05) is 0 Å². The normalized spacial score (nSPS) is 10.5. The number of nitrogens with zero attached hydrogens (tertiary/aromatic N) is 1. The maximum absolute atomic E-state index is 12.7. The van der Waals surface area contributed by atoms with Crippen LogP contribution in [0.3, 0.4) is 0 Å². The van der Waals surface area contributed by atoms with Gasteiger partial charge in [-0.2, -0.15) is 0 Å². The van der Waals surface area contributed by atoms with Gasteiger partial charge in [0.1, 0.15) is 37.9 Å². The van der Waals surface area contributed by atoms with Crippen molar-refractivity contribution < 1.29 is 43.5 Å². The van der Waals surface area contributed by atoms with E-state index < -0.39 is 11.9 Å². The Morgan fingerprint density at radius 1 is 0.778 bits per heavy atom. The topological polar surface area (TPSA) is 132 Å². The minimum absolute atomic E-state index is 0.0593. The average molecular weight is 502 g/mol. The number of ether oxygens (including phenoxy) is 4. The second kappa shape index (κ2) is 16.0. The molecule has 0 saturated carbocycles. The zero-order valence-electron chi connectivity index (χ0n) is 20.0. The van der Waals surface area contributed by atoms with Crippen LogP contribution in [-0.4, -0.2) is 85.7 Å². The number of benzene rings is 2. The van der Waals surface area contributed by atoms with Gasteiger partial charge in [0, 0.05) is 30.3 Å². The van der Waals surface area contributed by atoms with Crippen LogP contribution in [0.1, 0.15) is 22.3 Å². The summed E-state index contributed by atoms with van der Waals surface area (Å²) in [5, 5.41) is 18.0. The van der Waals surface area contributed by atoms with Crippen LogP contribution in [0.25, 0.3) is 0 Å². The number of aliphatic hydroxyl groups excluding tert-OH is 2. The van der Waals surface area contributed by atoms with Crippen molar-refractivity contribution in [1.82, 2.24) is 4.90 Å². The first-order valence-corrected chi connectivity index (χ1v) is 11.4. The first-order valence-electron chi connectivity index (χ1n) is 11.4. The van der Waals surface area contributed by atoms with Gasteiger partial charge in [-0.1, -0.05) is 6.58 Å². The minimum Gasteiger partial charge on any atom is -0.490 e. The first-order chi connectivity index (χ1) is 17.5. The molecule has 0 radical (unpaired) electrons. The summed E-state index contributed by atoms with van der Waals surface area (Å²) in [7, 11) is 0. The van der Waals surface area contributed by atoms with Crippen molar-refractivity contribution in [2.75, 3.05) is 52.9 Å². The van der Waals surface area contributed by atoms with Crippen molar-refractivity contribution in [3.63, 3.8) is 0 Å². The molecule has 194 valence electrons. The zero-order valence-corrected chi connectivity index (χ0v) is 20.0. The van der Waals surface area contributed by atoms with Crippen LogP contribution in [0, 0.1) is 0 Å². The Hall–Kier alpha value is -3.73. The van der Waals surface area contributed by atoms with Crippen molar-refractivity contribution in [3.8, 4) is 11.5 Å². The number of hydrogen-bond acceptors (Lipinski definition) is 10. The molecular formula is C26H31NO9. The number of ketones is 1. The molecular weight excluding hydrogens is 470 g/mol. The molecule has 0 aliphatic rings. The van der Waals surface area contributed by atoms with Gasteiger partial charge in [-0.3, -0.25) is 14.5 Å². The molecule has 0 aromatic heterocycles. The van der Waals surface area contributed by atoms with Crippen molar-refractivity contribution in [2.24, 2.45) is 0 Å². The SMILES string of the molecule is C=CC(=O)OCCOc1ccc(C(=O)c2ccc(OCCOC(=O)CCN(CO)CCO)cc2)cc1. The average Bonchev–Trinajstić information content (AvgIpc) is 2.91. The molecule has 0 heterocycles. The largest absolute Gasteiger partial charge is 0.490 e. The van der Waals surface area contributed by atoms with Crippen LogP contribution < -0.4 is 9.47 Å². The zero-order chi connectivity index (χ0) is 26.2. The van der Waals surface area contributed by atoms with E-state index in [2.05, 4.69) is 6.58 Å². The summed E-state index contributed by atoms with van der Waals surface area (Å²) >= 11 is 0. The molecule has 10 heteroatoms. The van der Waals surface area contributed by atoms with Gasteiger partial charge in [0.15, 0.2) is 5.78 Å². The van der Waals surface area contributed by atoms with E-state index in [-0.39, 0.29) is 65.1 Å². The molecule has 10 nitrogen and oxygen atoms in total. The summed E-state index contributed by atoms with van der Waals surface area (Å²) in [6.45, 7) is 4.01. The lowest BCUT2D eigenvalue weighted by Gasteiger charge is -2.17. The lowest BCUT2D eigenvalue weighted by atomic mass is 10.0. The Bertz CT molecular complexity index is 974. The molecule has 0 aliphatic heterocycles. The Morgan fingerprint density at radius 2 is 1.31 bits per heavy atom. The highest BCUT2D eigenvalue weighted by atomic mass is 16.6. The molecule has 0 bridgehead atoms. The minimum atomic E-state index is -0.517. The first kappa shape index (κ1) is 28.5. The summed E-state index contributed by atoms with van der Waals surface area (Å²) in [6.07, 6.45) is 1.17. The smallest absolute Gasteiger partial charge is 0.330 e. The third-order valence-corrected chi connectivity index (χ3v) is 4.86. The summed E-state index contributed by atoms with van der Waals surface area (Å²) < 4.78 is 20.9. The fourth-order valence-electron chi connectivity index (χ4n) is 2.96. The Kier molecular flexibility index (Phi) is 12.7. The van der Waals surface area contributed by atoms with Crippen LogP contribution in [-0.2, 0) is 19.1 Å². The fraction of sp³-hybridized carbons (Fsp3) is 0.346. The van der Waals surface area contributed by atoms with E-state index in [1.54, 1.807) is 48.5 Å². The standard InChI is InChI=1S/C26H31NO9/c1-2-24(30)35-17-15-33-22-7-3-20(4-8-22)26(32)21-5-9-23(10-6-21)34-16-18-36-25(31)11-12-27(19-29)13-14-28/h2-10,28-29H,1,11-19H2. The van der Waals surface area contributed by atoms with Gasteiger partial charge in [0.2, 0.25) is 0 Å². The van der Waals surface area contributed by atoms with E-state index in [4.69, 9.17) is 29.2 Å². The van der Waals surface area contributed by atoms with Gasteiger partial charge < -0.3 is 29.2 Å². The summed E-state index contributed by atoms with van der Waals surface area (Å²) in [4.78, 5) is 37.0. The van der Waals surface area contributed by atoms with E-state index >= 15 is 0 Å². The van der Waals surface area contributed by atoms with Gasteiger partial charge >= 0.3 is 11.9 Å². The van der Waals surface area contributed by atoms with Crippen molar-refractivity contribution in [1.29, 1.82) is 0 Å². The van der Waals surface area contributed by atoms with Crippen LogP contribution in [0.4, 0.5) is 0 Å². The second-order valence-corrected chi connectivity index (χ2v) is 7.40. The third-order valence-electron chi connectivity index (χ3n) is 4.86. The number of carbonyl (C=O) groups is 3. The summed E-state index contributed by atoms with van der Waals surface area (Å²) in [5.41, 5.74) is 0.967. The highest BCUT2D eigenvalue weighted by molar-refractivity contribution is 6.09. The summed E-state index contributed by atoms with van der Waals surface area (Å²) in [6, 6.07) is 13.2. The molecule has 2 N–H and O–H groups in total. The van der Waals surface area contributed by atoms with Gasteiger partial charge in [-0.05, 0) is 48.5 Å². The number of carbonyl (C=O) groups excluding carboxylic acids is 3. The monoisotopic (exact) mass is 501 g/mol. The van der Waals surface area contributed by atoms with E-state index in [0.717, 1.165) is 6.08 Å². The van der Waals surface area contributed by atoms with Crippen molar-refractivity contribution in [3.05, 3.63) is 72.3 Å². The maximum Gasteiger partial charge on any atom is 0.330 e. The Balaban J connectivity index is 1.72. The number of rotatable bonds is 17. The molecule has 2 rings (SSSR count). The Morgan fingerprint density at radius 3 is 1.78 bits per heavy atom. The van der Waals surface area contributed by atoms with Gasteiger partial charge in [-0.15, -0.1) is 0 Å². The predicted molar refractivity (Wildman–Crippen MR) is 130 cm³/mol. The molecule has 0 atom stereocenters. The molecule has 0 unspecified atom stereocenters. The van der Waals surface area contributed by atoms with Crippen molar-refractivity contribution in [2.45, 2.75) is 6.42 Å². The number of aliphatic hydroxyl groups is 2. The highest BCUT2D eigenvalue weighted by Crippen LogP contribution is 2.18. The third kappa shape index (κ3) is 10.3. The lowest BCUT2D eigenvalue weighted by Crippen LogP contribution is -2.30. The van der Waals surface area contributed by atoms with E-state index in [1.165, 1.54) is 4.90 Å². The maximum atomic E-state index is 12.7. The number of hydrogen-bond donors (Lipinski definition) is 2. The van der Waals surface area contributed by atoms with Gasteiger partial charge in [0.25, 0.3) is 0 Å². The molecule has 36 heavy (non-hydrogen) atoms. The van der Waals surface area contributed by atoms with Crippen LogP contribution in [0.5, 0.6) is 11.5 Å². The van der Waals surface area contributed by atoms with E-state index in [0.29, 0.717) is 22.6 Å². The molecule has 2 aromatic carbocycles. The van der Waals surface area contributed by atoms with Crippen LogP contribution >= 0.6 is 0 Å². The quantitative estimate of drug-likeness (QED) is 0.108. The summed E-state index contributed by atoms with van der Waals surface area (Å²) in [5.74, 6) is -0.0419. The fourth-order valence-corrected chi connectivity index (χ4v) is 2.96. The molecule has 0 fully saturated rings. The molecule has 0 aliphatic carbocycles. The van der Waals surface area contributed by atoms with Crippen LogP contribution in [0.2, 0.25) is 0 Å². The molecule has 2 aromatic rings. The van der Waals surface area contributed by atoms with E-state index in [9.17, 15) is 14.4 Å². The second-order valence-electron chi connectivity index (χ2n) is 7.40. The Labute approximate surface area is 209 Å².